The Kier molecular flexibility index (Phi) is 3.77. The number of nitrogens with zero attached hydrogens (tertiary/aromatic N) is 3. The Hall–Kier alpha value is -3.41. The smallest absolute Gasteiger partial charge is 0.229 e. The molecule has 0 saturated heterocycles. The van der Waals surface area contributed by atoms with E-state index in [4.69, 9.17) is 4.42 Å². The predicted molar refractivity (Wildman–Crippen MR) is 93.1 cm³/mol. The van der Waals surface area contributed by atoms with E-state index in [2.05, 4.69) is 25.6 Å². The van der Waals surface area contributed by atoms with Crippen LogP contribution in [0.25, 0.3) is 10.9 Å². The molecule has 3 heterocycles. The highest BCUT2D eigenvalue weighted by Gasteiger charge is 2.08. The first-order valence-corrected chi connectivity index (χ1v) is 7.58. The number of fused-ring (bicyclic) bond motifs is 1. The molecular formula is C18H15N5O. The van der Waals surface area contributed by atoms with Gasteiger partial charge in [0.25, 0.3) is 0 Å². The SMILES string of the molecule is c1coc(CNc2nc(Nc3ccncc3)nc3ccccc23)c1. The Balaban J connectivity index is 1.67. The van der Waals surface area contributed by atoms with Crippen LogP contribution in [-0.2, 0) is 6.54 Å². The molecule has 0 fully saturated rings. The van der Waals surface area contributed by atoms with Gasteiger partial charge < -0.3 is 15.1 Å². The fraction of sp³-hybridized carbons (Fsp3) is 0.0556. The first-order chi connectivity index (χ1) is 11.9. The quantitative estimate of drug-likeness (QED) is 0.580. The lowest BCUT2D eigenvalue weighted by molar-refractivity contribution is 0.518. The summed E-state index contributed by atoms with van der Waals surface area (Å²) in [5, 5.41) is 7.49. The molecule has 4 rings (SSSR count). The number of pyridine rings is 1. The zero-order valence-electron chi connectivity index (χ0n) is 12.8. The van der Waals surface area contributed by atoms with Crippen LogP contribution in [0.15, 0.2) is 71.6 Å². The number of furan rings is 1. The van der Waals surface area contributed by atoms with E-state index in [1.165, 1.54) is 0 Å². The summed E-state index contributed by atoms with van der Waals surface area (Å²) in [7, 11) is 0. The molecule has 0 spiro atoms. The van der Waals surface area contributed by atoms with E-state index in [1.54, 1.807) is 18.7 Å². The van der Waals surface area contributed by atoms with Crippen molar-refractivity contribution in [2.45, 2.75) is 6.54 Å². The van der Waals surface area contributed by atoms with Crippen LogP contribution in [0.5, 0.6) is 0 Å². The number of rotatable bonds is 5. The maximum absolute atomic E-state index is 5.36. The minimum absolute atomic E-state index is 0.529. The third-order valence-electron chi connectivity index (χ3n) is 3.55. The molecule has 3 aromatic heterocycles. The molecule has 118 valence electrons. The zero-order chi connectivity index (χ0) is 16.2. The summed E-state index contributed by atoms with van der Waals surface area (Å²) in [5.74, 6) is 2.14. The molecule has 0 aliphatic carbocycles. The molecule has 1 aromatic carbocycles. The second kappa shape index (κ2) is 6.37. The normalized spacial score (nSPS) is 10.7. The van der Waals surface area contributed by atoms with Crippen LogP contribution >= 0.6 is 0 Å². The Morgan fingerprint density at radius 2 is 1.79 bits per heavy atom. The molecule has 2 N–H and O–H groups in total. The summed E-state index contributed by atoms with van der Waals surface area (Å²) in [6.45, 7) is 0.558. The van der Waals surface area contributed by atoms with Gasteiger partial charge in [0.05, 0.1) is 18.3 Å². The van der Waals surface area contributed by atoms with Crippen LogP contribution in [0, 0.1) is 0 Å². The number of para-hydroxylation sites is 1. The summed E-state index contributed by atoms with van der Waals surface area (Å²) in [6, 6.07) is 15.4. The lowest BCUT2D eigenvalue weighted by atomic mass is 10.2. The van der Waals surface area contributed by atoms with E-state index in [1.807, 2.05) is 48.5 Å². The summed E-state index contributed by atoms with van der Waals surface area (Å²) in [6.07, 6.45) is 5.10. The average molecular weight is 317 g/mol. The maximum Gasteiger partial charge on any atom is 0.229 e. The molecule has 0 atom stereocenters. The van der Waals surface area contributed by atoms with E-state index in [-0.39, 0.29) is 0 Å². The van der Waals surface area contributed by atoms with Gasteiger partial charge in [-0.2, -0.15) is 4.98 Å². The molecule has 4 aromatic rings. The topological polar surface area (TPSA) is 75.9 Å². The van der Waals surface area contributed by atoms with Crippen molar-refractivity contribution in [2.24, 2.45) is 0 Å². The minimum Gasteiger partial charge on any atom is -0.467 e. The van der Waals surface area contributed by atoms with Crippen LogP contribution in [0.3, 0.4) is 0 Å². The summed E-state index contributed by atoms with van der Waals surface area (Å²) in [4.78, 5) is 13.2. The molecule has 0 radical (unpaired) electrons. The Morgan fingerprint density at radius 1 is 0.917 bits per heavy atom. The van der Waals surface area contributed by atoms with Crippen molar-refractivity contribution in [1.82, 2.24) is 15.0 Å². The molecule has 24 heavy (non-hydrogen) atoms. The van der Waals surface area contributed by atoms with E-state index in [0.29, 0.717) is 12.5 Å². The van der Waals surface area contributed by atoms with Crippen molar-refractivity contribution in [3.05, 3.63) is 72.9 Å². The van der Waals surface area contributed by atoms with Gasteiger partial charge in [-0.25, -0.2) is 4.98 Å². The van der Waals surface area contributed by atoms with Crippen molar-refractivity contribution in [1.29, 1.82) is 0 Å². The summed E-state index contributed by atoms with van der Waals surface area (Å²) in [5.41, 5.74) is 1.75. The number of aromatic nitrogens is 3. The highest BCUT2D eigenvalue weighted by Crippen LogP contribution is 2.23. The van der Waals surface area contributed by atoms with Crippen molar-refractivity contribution in [3.63, 3.8) is 0 Å². The van der Waals surface area contributed by atoms with Gasteiger partial charge in [0.2, 0.25) is 5.95 Å². The van der Waals surface area contributed by atoms with Gasteiger partial charge in [0.1, 0.15) is 11.6 Å². The van der Waals surface area contributed by atoms with Gasteiger partial charge in [-0.1, -0.05) is 12.1 Å². The van der Waals surface area contributed by atoms with Gasteiger partial charge in [-0.05, 0) is 36.4 Å². The molecule has 0 amide bonds. The molecule has 6 heteroatoms. The lowest BCUT2D eigenvalue weighted by Crippen LogP contribution is -2.05. The number of benzene rings is 1. The van der Waals surface area contributed by atoms with E-state index in [9.17, 15) is 0 Å². The van der Waals surface area contributed by atoms with Gasteiger partial charge in [0, 0.05) is 23.5 Å². The molecule has 0 saturated carbocycles. The number of hydrogen-bond donors (Lipinski definition) is 2. The minimum atomic E-state index is 0.529. The van der Waals surface area contributed by atoms with Crippen LogP contribution in [0.4, 0.5) is 17.5 Å². The third-order valence-corrected chi connectivity index (χ3v) is 3.55. The monoisotopic (exact) mass is 317 g/mol. The van der Waals surface area contributed by atoms with Crippen LogP contribution < -0.4 is 10.6 Å². The molecular weight excluding hydrogens is 302 g/mol. The standard InChI is InChI=1S/C18H15N5O/c1-2-6-16-15(5-1)17(20-12-14-4-3-11-24-14)23-18(22-16)21-13-7-9-19-10-8-13/h1-11H,12H2,(H2,19,20,21,22,23). The van der Waals surface area contributed by atoms with Gasteiger partial charge in [-0.15, -0.1) is 0 Å². The molecule has 0 bridgehead atoms. The van der Waals surface area contributed by atoms with Gasteiger partial charge in [0.15, 0.2) is 0 Å². The number of hydrogen-bond acceptors (Lipinski definition) is 6. The van der Waals surface area contributed by atoms with Gasteiger partial charge in [-0.3, -0.25) is 4.98 Å². The van der Waals surface area contributed by atoms with Crippen molar-refractivity contribution in [2.75, 3.05) is 10.6 Å². The van der Waals surface area contributed by atoms with E-state index >= 15 is 0 Å². The fourth-order valence-corrected chi connectivity index (χ4v) is 2.42. The fourth-order valence-electron chi connectivity index (χ4n) is 2.42. The maximum atomic E-state index is 5.36. The van der Waals surface area contributed by atoms with Crippen molar-refractivity contribution in [3.8, 4) is 0 Å². The van der Waals surface area contributed by atoms with Crippen LogP contribution in [-0.4, -0.2) is 15.0 Å². The van der Waals surface area contributed by atoms with Crippen molar-refractivity contribution < 1.29 is 4.42 Å². The van der Waals surface area contributed by atoms with Gasteiger partial charge >= 0.3 is 0 Å². The third kappa shape index (κ3) is 3.03. The Bertz CT molecular complexity index is 938. The lowest BCUT2D eigenvalue weighted by Gasteiger charge is -2.11. The average Bonchev–Trinajstić information content (AvgIpc) is 3.14. The highest BCUT2D eigenvalue weighted by atomic mass is 16.3. The predicted octanol–water partition coefficient (Wildman–Crippen LogP) is 3.97. The first-order valence-electron chi connectivity index (χ1n) is 7.58. The summed E-state index contributed by atoms with van der Waals surface area (Å²) < 4.78 is 5.36. The largest absolute Gasteiger partial charge is 0.467 e. The number of nitrogens with one attached hydrogen (secondary N) is 2. The first kappa shape index (κ1) is 14.2. The van der Waals surface area contributed by atoms with Crippen LogP contribution in [0.2, 0.25) is 0 Å². The second-order valence-electron chi connectivity index (χ2n) is 5.21. The van der Waals surface area contributed by atoms with E-state index < -0.39 is 0 Å². The van der Waals surface area contributed by atoms with Crippen LogP contribution in [0.1, 0.15) is 5.76 Å². The Morgan fingerprint density at radius 3 is 2.62 bits per heavy atom. The molecule has 0 aliphatic rings. The molecule has 0 aliphatic heterocycles. The highest BCUT2D eigenvalue weighted by molar-refractivity contribution is 5.90. The summed E-state index contributed by atoms with van der Waals surface area (Å²) >= 11 is 0. The number of anilines is 3. The molecule has 0 unspecified atom stereocenters. The van der Waals surface area contributed by atoms with Crippen molar-refractivity contribution >= 4 is 28.4 Å². The Labute approximate surface area is 138 Å². The second-order valence-corrected chi connectivity index (χ2v) is 5.21. The van der Waals surface area contributed by atoms with E-state index in [0.717, 1.165) is 28.2 Å². The zero-order valence-corrected chi connectivity index (χ0v) is 12.8. The molecule has 6 nitrogen and oxygen atoms in total.